The van der Waals surface area contributed by atoms with Gasteiger partial charge in [0, 0.05) is 12.2 Å². The van der Waals surface area contributed by atoms with Crippen molar-refractivity contribution in [2.75, 3.05) is 11.9 Å². The van der Waals surface area contributed by atoms with Crippen molar-refractivity contribution in [2.45, 2.75) is 49.5 Å². The van der Waals surface area contributed by atoms with Crippen molar-refractivity contribution in [2.24, 2.45) is 0 Å². The predicted molar refractivity (Wildman–Crippen MR) is 105 cm³/mol. The molecule has 1 amide bonds. The van der Waals surface area contributed by atoms with Crippen LogP contribution >= 0.6 is 0 Å². The summed E-state index contributed by atoms with van der Waals surface area (Å²) in [6.07, 6.45) is 4.79. The molecule has 2 aliphatic rings. The summed E-state index contributed by atoms with van der Waals surface area (Å²) < 4.78 is 27.3. The number of hydrogen-bond acceptors (Lipinski definition) is 3. The number of nitrogens with zero attached hydrogens (tertiary/aromatic N) is 1. The zero-order valence-corrected chi connectivity index (χ0v) is 16.3. The molecule has 1 aliphatic carbocycles. The van der Waals surface area contributed by atoms with Gasteiger partial charge in [-0.15, -0.1) is 0 Å². The van der Waals surface area contributed by atoms with Gasteiger partial charge in [-0.25, -0.2) is 8.42 Å². The fraction of sp³-hybridized carbons (Fsp3) is 0.381. The fourth-order valence-electron chi connectivity index (χ4n) is 4.03. The Hall–Kier alpha value is -2.18. The van der Waals surface area contributed by atoms with Gasteiger partial charge in [-0.1, -0.05) is 30.3 Å². The highest BCUT2D eigenvalue weighted by Crippen LogP contribution is 2.38. The van der Waals surface area contributed by atoms with E-state index < -0.39 is 15.6 Å². The molecule has 1 aliphatic heterocycles. The molecule has 142 valence electrons. The van der Waals surface area contributed by atoms with E-state index in [4.69, 9.17) is 0 Å². The summed E-state index contributed by atoms with van der Waals surface area (Å²) in [5, 5.41) is 3.02. The molecular weight excluding hydrogens is 360 g/mol. The zero-order valence-electron chi connectivity index (χ0n) is 15.4. The highest BCUT2D eigenvalue weighted by atomic mass is 32.2. The van der Waals surface area contributed by atoms with Gasteiger partial charge in [0.1, 0.15) is 5.54 Å². The first-order valence-corrected chi connectivity index (χ1v) is 10.9. The summed E-state index contributed by atoms with van der Waals surface area (Å²) >= 11 is 0. The molecule has 5 nitrogen and oxygen atoms in total. The lowest BCUT2D eigenvalue weighted by Crippen LogP contribution is -2.65. The first-order valence-electron chi connectivity index (χ1n) is 9.43. The number of rotatable bonds is 4. The monoisotopic (exact) mass is 384 g/mol. The molecule has 0 spiro atoms. The van der Waals surface area contributed by atoms with E-state index in [0.717, 1.165) is 24.9 Å². The lowest BCUT2D eigenvalue weighted by molar-refractivity contribution is -0.129. The Morgan fingerprint density at radius 2 is 1.78 bits per heavy atom. The van der Waals surface area contributed by atoms with Crippen molar-refractivity contribution in [3.63, 3.8) is 0 Å². The van der Waals surface area contributed by atoms with Gasteiger partial charge >= 0.3 is 0 Å². The third-order valence-corrected chi connectivity index (χ3v) is 7.85. The normalized spacial score (nSPS) is 22.6. The molecule has 1 saturated heterocycles. The first kappa shape index (κ1) is 18.2. The molecule has 2 aromatic carbocycles. The van der Waals surface area contributed by atoms with E-state index in [0.29, 0.717) is 13.0 Å². The number of fused-ring (bicyclic) bond motifs is 1. The van der Waals surface area contributed by atoms with E-state index >= 15 is 0 Å². The molecule has 1 unspecified atom stereocenters. The smallest absolute Gasteiger partial charge is 0.245 e. The molecule has 27 heavy (non-hydrogen) atoms. The molecule has 1 fully saturated rings. The van der Waals surface area contributed by atoms with Crippen LogP contribution in [0.3, 0.4) is 0 Å². The van der Waals surface area contributed by atoms with E-state index in [1.54, 1.807) is 37.3 Å². The Balaban J connectivity index is 1.59. The molecule has 1 heterocycles. The largest absolute Gasteiger partial charge is 0.324 e. The van der Waals surface area contributed by atoms with Crippen molar-refractivity contribution >= 4 is 21.6 Å². The number of amides is 1. The quantitative estimate of drug-likeness (QED) is 0.879. The molecule has 0 radical (unpaired) electrons. The van der Waals surface area contributed by atoms with Gasteiger partial charge in [0.05, 0.1) is 4.90 Å². The van der Waals surface area contributed by atoms with Crippen LogP contribution in [0.25, 0.3) is 0 Å². The van der Waals surface area contributed by atoms with E-state index in [2.05, 4.69) is 11.4 Å². The average Bonchev–Trinajstić information content (AvgIpc) is 2.67. The van der Waals surface area contributed by atoms with Gasteiger partial charge in [-0.2, -0.15) is 4.31 Å². The molecule has 1 atom stereocenters. The van der Waals surface area contributed by atoms with Crippen LogP contribution in [0, 0.1) is 0 Å². The zero-order chi connectivity index (χ0) is 19.1. The molecule has 0 bridgehead atoms. The molecule has 0 saturated carbocycles. The minimum atomic E-state index is -3.69. The summed E-state index contributed by atoms with van der Waals surface area (Å²) in [4.78, 5) is 13.3. The standard InChI is InChI=1S/C21H24N2O3S/c1-21(14-15-23(21)27(25,26)17-10-3-2-4-11-17)20(24)22-19-13-7-9-16-8-5-6-12-18(16)19/h2-4,7,9-11,13H,5-6,8,12,14-15H2,1H3,(H,22,24). The minimum Gasteiger partial charge on any atom is -0.324 e. The van der Waals surface area contributed by atoms with Crippen molar-refractivity contribution in [3.8, 4) is 0 Å². The second-order valence-corrected chi connectivity index (χ2v) is 9.38. The van der Waals surface area contributed by atoms with Crippen molar-refractivity contribution in [1.29, 1.82) is 0 Å². The second kappa shape index (κ2) is 6.77. The Labute approximate surface area is 160 Å². The highest BCUT2D eigenvalue weighted by molar-refractivity contribution is 7.89. The first-order chi connectivity index (χ1) is 12.9. The molecule has 1 N–H and O–H groups in total. The Kier molecular flexibility index (Phi) is 4.56. The number of carbonyl (C=O) groups is 1. The average molecular weight is 385 g/mol. The predicted octanol–water partition coefficient (Wildman–Crippen LogP) is 3.36. The number of nitrogens with one attached hydrogen (secondary N) is 1. The number of aryl methyl sites for hydroxylation is 1. The van der Waals surface area contributed by atoms with Crippen molar-refractivity contribution in [3.05, 3.63) is 59.7 Å². The number of sulfonamides is 1. The lowest BCUT2D eigenvalue weighted by Gasteiger charge is -2.47. The number of carbonyl (C=O) groups excluding carboxylic acids is 1. The SMILES string of the molecule is CC1(C(=O)Nc2cccc3c2CCCC3)CCN1S(=O)(=O)c1ccccc1. The maximum Gasteiger partial charge on any atom is 0.245 e. The summed E-state index contributed by atoms with van der Waals surface area (Å²) in [7, 11) is -3.69. The molecule has 4 rings (SSSR count). The fourth-order valence-corrected chi connectivity index (χ4v) is 5.82. The number of anilines is 1. The Bertz CT molecular complexity index is 972. The Morgan fingerprint density at radius 3 is 2.48 bits per heavy atom. The minimum absolute atomic E-state index is 0.223. The molecule has 2 aromatic rings. The van der Waals surface area contributed by atoms with Crippen LogP contribution in [0.5, 0.6) is 0 Å². The van der Waals surface area contributed by atoms with Crippen LogP contribution in [-0.2, 0) is 27.7 Å². The summed E-state index contributed by atoms with van der Waals surface area (Å²) in [6, 6.07) is 14.3. The lowest BCUT2D eigenvalue weighted by atomic mass is 9.87. The van der Waals surface area contributed by atoms with Gasteiger partial charge < -0.3 is 5.32 Å². The molecule has 0 aromatic heterocycles. The third-order valence-electron chi connectivity index (χ3n) is 5.82. The van der Waals surface area contributed by atoms with Gasteiger partial charge in [-0.05, 0) is 68.4 Å². The van der Waals surface area contributed by atoms with Gasteiger partial charge in [0.2, 0.25) is 15.9 Å². The Morgan fingerprint density at radius 1 is 1.04 bits per heavy atom. The van der Waals surface area contributed by atoms with Crippen LogP contribution in [0.4, 0.5) is 5.69 Å². The van der Waals surface area contributed by atoms with E-state index in [1.165, 1.54) is 21.9 Å². The van der Waals surface area contributed by atoms with Crippen molar-refractivity contribution in [1.82, 2.24) is 4.31 Å². The van der Waals surface area contributed by atoms with Gasteiger partial charge in [-0.3, -0.25) is 4.79 Å². The van der Waals surface area contributed by atoms with E-state index in [-0.39, 0.29) is 10.8 Å². The van der Waals surface area contributed by atoms with Crippen LogP contribution in [0.2, 0.25) is 0 Å². The topological polar surface area (TPSA) is 66.5 Å². The van der Waals surface area contributed by atoms with Crippen molar-refractivity contribution < 1.29 is 13.2 Å². The van der Waals surface area contributed by atoms with Crippen LogP contribution in [0.1, 0.15) is 37.3 Å². The van der Waals surface area contributed by atoms with Crippen LogP contribution in [0.15, 0.2) is 53.4 Å². The molecule has 6 heteroatoms. The molecular formula is C21H24N2O3S. The van der Waals surface area contributed by atoms with Crippen LogP contribution in [-0.4, -0.2) is 30.7 Å². The summed E-state index contributed by atoms with van der Waals surface area (Å²) in [5.41, 5.74) is 2.23. The maximum atomic E-state index is 13.1. The number of benzene rings is 2. The number of hydrogen-bond donors (Lipinski definition) is 1. The highest BCUT2D eigenvalue weighted by Gasteiger charge is 2.53. The third kappa shape index (κ3) is 3.07. The van der Waals surface area contributed by atoms with E-state index in [9.17, 15) is 13.2 Å². The summed E-state index contributed by atoms with van der Waals surface area (Å²) in [5.74, 6) is -0.257. The van der Waals surface area contributed by atoms with Gasteiger partial charge in [0.25, 0.3) is 0 Å². The second-order valence-electron chi connectivity index (χ2n) is 7.52. The van der Waals surface area contributed by atoms with Gasteiger partial charge in [0.15, 0.2) is 0 Å². The maximum absolute atomic E-state index is 13.1. The summed E-state index contributed by atoms with van der Waals surface area (Å²) in [6.45, 7) is 2.07. The van der Waals surface area contributed by atoms with E-state index in [1.807, 2.05) is 12.1 Å². The van der Waals surface area contributed by atoms with Crippen LogP contribution < -0.4 is 5.32 Å².